The molecule has 3 heteroatoms. The Hall–Kier alpha value is -2.42. The first kappa shape index (κ1) is 12.3. The van der Waals surface area contributed by atoms with Gasteiger partial charge >= 0.3 is 0 Å². The van der Waals surface area contributed by atoms with Crippen molar-refractivity contribution in [2.75, 3.05) is 11.4 Å². The molecular formula is C18H17N3. The van der Waals surface area contributed by atoms with Crippen LogP contribution in [0.4, 0.5) is 11.5 Å². The van der Waals surface area contributed by atoms with Crippen LogP contribution in [-0.4, -0.2) is 16.5 Å². The summed E-state index contributed by atoms with van der Waals surface area (Å²) in [4.78, 5) is 11.3. The third-order valence-electron chi connectivity index (χ3n) is 4.14. The zero-order valence-corrected chi connectivity index (χ0v) is 12.1. The maximum Gasteiger partial charge on any atom is 0.144 e. The highest BCUT2D eigenvalue weighted by Gasteiger charge is 2.20. The van der Waals surface area contributed by atoms with Crippen molar-refractivity contribution >= 4 is 22.4 Å². The van der Waals surface area contributed by atoms with Gasteiger partial charge in [0.2, 0.25) is 0 Å². The van der Waals surface area contributed by atoms with Gasteiger partial charge in [-0.15, -0.1) is 0 Å². The Morgan fingerprint density at radius 3 is 2.90 bits per heavy atom. The van der Waals surface area contributed by atoms with Crippen molar-refractivity contribution in [1.29, 1.82) is 0 Å². The molecule has 4 rings (SSSR count). The van der Waals surface area contributed by atoms with Crippen LogP contribution in [0.3, 0.4) is 0 Å². The van der Waals surface area contributed by atoms with Gasteiger partial charge < -0.3 is 4.90 Å². The van der Waals surface area contributed by atoms with Gasteiger partial charge in [0.25, 0.3) is 0 Å². The molecule has 3 nitrogen and oxygen atoms in total. The Balaban J connectivity index is 1.94. The lowest BCUT2D eigenvalue weighted by Crippen LogP contribution is -2.25. The number of fused-ring (bicyclic) bond motifs is 2. The van der Waals surface area contributed by atoms with Crippen molar-refractivity contribution < 1.29 is 0 Å². The van der Waals surface area contributed by atoms with Gasteiger partial charge in [-0.05, 0) is 43.5 Å². The van der Waals surface area contributed by atoms with Gasteiger partial charge in [-0.2, -0.15) is 0 Å². The Morgan fingerprint density at radius 1 is 1.05 bits per heavy atom. The van der Waals surface area contributed by atoms with Crippen molar-refractivity contribution in [3.05, 3.63) is 59.9 Å². The van der Waals surface area contributed by atoms with E-state index in [0.29, 0.717) is 0 Å². The molecule has 1 aliphatic heterocycles. The van der Waals surface area contributed by atoms with Crippen LogP contribution in [0.5, 0.6) is 0 Å². The van der Waals surface area contributed by atoms with Crippen LogP contribution in [0.15, 0.2) is 48.8 Å². The van der Waals surface area contributed by atoms with E-state index in [1.54, 1.807) is 6.33 Å². The number of hydrogen-bond donors (Lipinski definition) is 0. The largest absolute Gasteiger partial charge is 0.326 e. The van der Waals surface area contributed by atoms with Gasteiger partial charge in [-0.3, -0.25) is 0 Å². The van der Waals surface area contributed by atoms with Gasteiger partial charge in [0.05, 0.1) is 5.52 Å². The van der Waals surface area contributed by atoms with Gasteiger partial charge in [0, 0.05) is 17.6 Å². The molecule has 0 fully saturated rings. The first-order chi connectivity index (χ1) is 10.3. The van der Waals surface area contributed by atoms with E-state index in [1.807, 2.05) is 0 Å². The first-order valence-electron chi connectivity index (χ1n) is 7.40. The summed E-state index contributed by atoms with van der Waals surface area (Å²) in [7, 11) is 0. The van der Waals surface area contributed by atoms with Gasteiger partial charge in [-0.25, -0.2) is 9.97 Å². The molecular weight excluding hydrogens is 258 g/mol. The monoisotopic (exact) mass is 275 g/mol. The molecule has 0 radical (unpaired) electrons. The molecule has 21 heavy (non-hydrogen) atoms. The van der Waals surface area contributed by atoms with Crippen LogP contribution in [0.1, 0.15) is 17.5 Å². The van der Waals surface area contributed by atoms with E-state index in [2.05, 4.69) is 64.3 Å². The number of aromatic nitrogens is 2. The van der Waals surface area contributed by atoms with E-state index in [1.165, 1.54) is 16.8 Å². The maximum atomic E-state index is 4.59. The smallest absolute Gasteiger partial charge is 0.144 e. The van der Waals surface area contributed by atoms with Crippen LogP contribution in [0, 0.1) is 6.92 Å². The molecule has 0 aliphatic carbocycles. The summed E-state index contributed by atoms with van der Waals surface area (Å²) in [6.45, 7) is 3.12. The summed E-state index contributed by atoms with van der Waals surface area (Å²) in [6, 6.07) is 15.0. The van der Waals surface area contributed by atoms with Crippen LogP contribution < -0.4 is 4.90 Å². The van der Waals surface area contributed by atoms with Crippen LogP contribution in [0.25, 0.3) is 10.9 Å². The SMILES string of the molecule is Cc1ccc2ncnc(N3CCCc4ccccc43)c2c1. The standard InChI is InChI=1S/C18H17N3/c1-13-8-9-16-15(11-13)18(20-12-19-16)21-10-4-6-14-5-2-3-7-17(14)21/h2-3,5,7-9,11-12H,4,6,10H2,1H3. The molecule has 2 heterocycles. The fourth-order valence-electron chi connectivity index (χ4n) is 3.13. The van der Waals surface area contributed by atoms with E-state index >= 15 is 0 Å². The lowest BCUT2D eigenvalue weighted by molar-refractivity contribution is 0.761. The molecule has 2 aromatic carbocycles. The summed E-state index contributed by atoms with van der Waals surface area (Å²) in [5.74, 6) is 1.02. The van der Waals surface area contributed by atoms with Gasteiger partial charge in [0.1, 0.15) is 12.1 Å². The molecule has 0 spiro atoms. The molecule has 0 N–H and O–H groups in total. The highest BCUT2D eigenvalue weighted by molar-refractivity contribution is 5.92. The number of nitrogens with zero attached hydrogens (tertiary/aromatic N) is 3. The molecule has 0 unspecified atom stereocenters. The lowest BCUT2D eigenvalue weighted by Gasteiger charge is -2.31. The Morgan fingerprint density at radius 2 is 1.95 bits per heavy atom. The second kappa shape index (κ2) is 4.85. The molecule has 0 atom stereocenters. The minimum absolute atomic E-state index is 1.01. The molecule has 0 saturated heterocycles. The topological polar surface area (TPSA) is 29.0 Å². The number of rotatable bonds is 1. The zero-order chi connectivity index (χ0) is 14.2. The number of aryl methyl sites for hydroxylation is 2. The predicted molar refractivity (Wildman–Crippen MR) is 86.0 cm³/mol. The maximum absolute atomic E-state index is 4.59. The van der Waals surface area contributed by atoms with Crippen LogP contribution in [-0.2, 0) is 6.42 Å². The van der Waals surface area contributed by atoms with E-state index in [9.17, 15) is 0 Å². The van der Waals surface area contributed by atoms with E-state index in [-0.39, 0.29) is 0 Å². The fourth-order valence-corrected chi connectivity index (χ4v) is 3.13. The van der Waals surface area contributed by atoms with Crippen LogP contribution in [0.2, 0.25) is 0 Å². The predicted octanol–water partition coefficient (Wildman–Crippen LogP) is 4.02. The van der Waals surface area contributed by atoms with E-state index in [4.69, 9.17) is 0 Å². The number of benzene rings is 2. The molecule has 0 amide bonds. The van der Waals surface area contributed by atoms with Crippen molar-refractivity contribution in [2.45, 2.75) is 19.8 Å². The van der Waals surface area contributed by atoms with Crippen LogP contribution >= 0.6 is 0 Å². The minimum atomic E-state index is 1.01. The molecule has 104 valence electrons. The first-order valence-corrected chi connectivity index (χ1v) is 7.40. The number of hydrogen-bond acceptors (Lipinski definition) is 3. The van der Waals surface area contributed by atoms with Crippen molar-refractivity contribution in [2.24, 2.45) is 0 Å². The fraction of sp³-hybridized carbons (Fsp3) is 0.222. The van der Waals surface area contributed by atoms with Gasteiger partial charge in [0.15, 0.2) is 0 Å². The molecule has 1 aromatic heterocycles. The molecule has 1 aliphatic rings. The quantitative estimate of drug-likeness (QED) is 0.671. The van der Waals surface area contributed by atoms with Crippen molar-refractivity contribution in [3.63, 3.8) is 0 Å². The summed E-state index contributed by atoms with van der Waals surface area (Å²) in [5, 5.41) is 1.13. The summed E-state index contributed by atoms with van der Waals surface area (Å²) in [5.41, 5.74) is 4.94. The van der Waals surface area contributed by atoms with Gasteiger partial charge in [-0.1, -0.05) is 29.8 Å². The average molecular weight is 275 g/mol. The normalized spacial score (nSPS) is 14.2. The Bertz CT molecular complexity index is 810. The number of anilines is 2. The van der Waals surface area contributed by atoms with E-state index in [0.717, 1.165) is 36.1 Å². The Labute approximate surface area is 124 Å². The second-order valence-corrected chi connectivity index (χ2v) is 5.60. The average Bonchev–Trinajstić information content (AvgIpc) is 2.54. The molecule has 0 saturated carbocycles. The molecule has 0 bridgehead atoms. The van der Waals surface area contributed by atoms with Crippen molar-refractivity contribution in [3.8, 4) is 0 Å². The highest BCUT2D eigenvalue weighted by atomic mass is 15.2. The lowest BCUT2D eigenvalue weighted by atomic mass is 10.0. The highest BCUT2D eigenvalue weighted by Crippen LogP contribution is 2.35. The summed E-state index contributed by atoms with van der Waals surface area (Å²) in [6.07, 6.45) is 3.98. The second-order valence-electron chi connectivity index (χ2n) is 5.60. The molecule has 3 aromatic rings. The third-order valence-corrected chi connectivity index (χ3v) is 4.14. The zero-order valence-electron chi connectivity index (χ0n) is 12.1. The summed E-state index contributed by atoms with van der Waals surface area (Å²) >= 11 is 0. The Kier molecular flexibility index (Phi) is 2.85. The van der Waals surface area contributed by atoms with E-state index < -0.39 is 0 Å². The third kappa shape index (κ3) is 2.05. The van der Waals surface area contributed by atoms with Crippen molar-refractivity contribution in [1.82, 2.24) is 9.97 Å². The number of para-hydroxylation sites is 1. The minimum Gasteiger partial charge on any atom is -0.326 e. The summed E-state index contributed by atoms with van der Waals surface area (Å²) < 4.78 is 0.